The zero-order chi connectivity index (χ0) is 29.9. The highest BCUT2D eigenvalue weighted by Gasteiger charge is 2.36. The molecule has 1 aromatic carbocycles. The van der Waals surface area contributed by atoms with Gasteiger partial charge in [0.25, 0.3) is 0 Å². The van der Waals surface area contributed by atoms with Gasteiger partial charge in [-0.3, -0.25) is 14.4 Å². The van der Waals surface area contributed by atoms with Crippen molar-refractivity contribution >= 4 is 17.7 Å². The predicted octanol–water partition coefficient (Wildman–Crippen LogP) is 4.13. The molecule has 0 bridgehead atoms. The summed E-state index contributed by atoms with van der Waals surface area (Å²) in [4.78, 5) is 43.1. The summed E-state index contributed by atoms with van der Waals surface area (Å²) in [6.07, 6.45) is 7.46. The first kappa shape index (κ1) is 33.1. The zero-order valence-electron chi connectivity index (χ0n) is 25.6. The molecule has 3 amide bonds. The van der Waals surface area contributed by atoms with Crippen molar-refractivity contribution in [3.63, 3.8) is 0 Å². The van der Waals surface area contributed by atoms with Crippen molar-refractivity contribution in [2.75, 3.05) is 20.6 Å². The smallest absolute Gasteiger partial charge is 0.241 e. The third-order valence-corrected chi connectivity index (χ3v) is 8.66. The quantitative estimate of drug-likeness (QED) is 0.276. The van der Waals surface area contributed by atoms with Gasteiger partial charge in [0.2, 0.25) is 17.7 Å². The summed E-state index contributed by atoms with van der Waals surface area (Å²) in [5.41, 5.74) is 0.922. The van der Waals surface area contributed by atoms with Gasteiger partial charge in [0.05, 0.1) is 12.1 Å². The number of likely N-dealkylation sites (N-methyl/N-ethyl adjacent to an activating group) is 1. The van der Waals surface area contributed by atoms with E-state index in [1.165, 1.54) is 11.3 Å². The lowest BCUT2D eigenvalue weighted by molar-refractivity contribution is -0.142. The van der Waals surface area contributed by atoms with Crippen LogP contribution in [0.5, 0.6) is 0 Å². The van der Waals surface area contributed by atoms with Crippen LogP contribution in [0.1, 0.15) is 90.0 Å². The highest BCUT2D eigenvalue weighted by atomic mass is 16.3. The Morgan fingerprint density at radius 3 is 2.12 bits per heavy atom. The number of benzene rings is 1. The summed E-state index contributed by atoms with van der Waals surface area (Å²) in [6.45, 7) is 4.25. The van der Waals surface area contributed by atoms with Gasteiger partial charge in [0.15, 0.2) is 0 Å². The van der Waals surface area contributed by atoms with Crippen molar-refractivity contribution in [2.24, 2.45) is 23.7 Å². The Balaban J connectivity index is 1.75. The minimum absolute atomic E-state index is 0.0106. The zero-order valence-corrected chi connectivity index (χ0v) is 25.6. The van der Waals surface area contributed by atoms with E-state index in [9.17, 15) is 24.6 Å². The number of hydrogen-bond donors (Lipinski definition) is 3. The van der Waals surface area contributed by atoms with Crippen LogP contribution in [0.15, 0.2) is 30.3 Å². The van der Waals surface area contributed by atoms with Crippen LogP contribution in [0.2, 0.25) is 0 Å². The van der Waals surface area contributed by atoms with E-state index in [4.69, 9.17) is 0 Å². The van der Waals surface area contributed by atoms with Gasteiger partial charge in [-0.1, -0.05) is 89.1 Å². The van der Waals surface area contributed by atoms with Crippen LogP contribution in [0.3, 0.4) is 0 Å². The molecular weight excluding hydrogens is 518 g/mol. The minimum atomic E-state index is -1.06. The number of hydrogen-bond acceptors (Lipinski definition) is 5. The maximum Gasteiger partial charge on any atom is 0.241 e. The van der Waals surface area contributed by atoms with E-state index in [2.05, 4.69) is 5.32 Å². The van der Waals surface area contributed by atoms with Gasteiger partial charge >= 0.3 is 0 Å². The third kappa shape index (κ3) is 11.4. The average Bonchev–Trinajstić information content (AvgIpc) is 3.76. The normalized spacial score (nSPS) is 18.8. The molecule has 2 aliphatic rings. The van der Waals surface area contributed by atoms with Gasteiger partial charge in [-0.25, -0.2) is 0 Å². The van der Waals surface area contributed by atoms with Gasteiger partial charge in [0, 0.05) is 33.0 Å². The molecule has 0 heterocycles. The summed E-state index contributed by atoms with van der Waals surface area (Å²) in [5, 5.41) is 25.1. The molecule has 0 spiro atoms. The Morgan fingerprint density at radius 2 is 1.54 bits per heavy atom. The van der Waals surface area contributed by atoms with Crippen LogP contribution in [0.25, 0.3) is 0 Å². The van der Waals surface area contributed by atoms with Gasteiger partial charge in [-0.15, -0.1) is 0 Å². The Bertz CT molecular complexity index is 959. The third-order valence-electron chi connectivity index (χ3n) is 8.66. The van der Waals surface area contributed by atoms with Gasteiger partial charge in [-0.2, -0.15) is 0 Å². The highest BCUT2D eigenvalue weighted by molar-refractivity contribution is 5.88. The van der Waals surface area contributed by atoms with Crippen molar-refractivity contribution < 1.29 is 24.6 Å². The Hall–Kier alpha value is -2.45. The molecular formula is C33H53N3O5. The number of aliphatic hydroxyl groups excluding tert-OH is 2. The number of aliphatic hydroxyl groups is 2. The van der Waals surface area contributed by atoms with Gasteiger partial charge in [0.1, 0.15) is 12.6 Å². The van der Waals surface area contributed by atoms with Gasteiger partial charge in [-0.05, 0) is 42.6 Å². The van der Waals surface area contributed by atoms with Crippen LogP contribution < -0.4 is 5.32 Å². The fourth-order valence-electron chi connectivity index (χ4n) is 5.98. The second-order valence-corrected chi connectivity index (χ2v) is 13.1. The highest BCUT2D eigenvalue weighted by Crippen LogP contribution is 2.37. The molecule has 2 fully saturated rings. The van der Waals surface area contributed by atoms with Crippen LogP contribution in [0.4, 0.5) is 0 Å². The predicted molar refractivity (Wildman–Crippen MR) is 161 cm³/mol. The van der Waals surface area contributed by atoms with Crippen molar-refractivity contribution in [1.29, 1.82) is 0 Å². The molecule has 2 saturated carbocycles. The van der Waals surface area contributed by atoms with E-state index in [1.807, 2.05) is 44.2 Å². The lowest BCUT2D eigenvalue weighted by atomic mass is 9.82. The van der Waals surface area contributed by atoms with Crippen LogP contribution in [-0.4, -0.2) is 76.6 Å². The Kier molecular flexibility index (Phi) is 13.1. The van der Waals surface area contributed by atoms with E-state index in [0.717, 1.165) is 44.1 Å². The van der Waals surface area contributed by atoms with Crippen molar-refractivity contribution in [1.82, 2.24) is 15.1 Å². The maximum absolute atomic E-state index is 13.8. The molecule has 0 saturated heterocycles. The first-order chi connectivity index (χ1) is 19.5. The van der Waals surface area contributed by atoms with Crippen molar-refractivity contribution in [3.05, 3.63) is 35.9 Å². The lowest BCUT2D eigenvalue weighted by Gasteiger charge is -2.34. The summed E-state index contributed by atoms with van der Waals surface area (Å²) in [6, 6.07) is 9.00. The van der Waals surface area contributed by atoms with Crippen LogP contribution in [-0.2, 0) is 20.9 Å². The van der Waals surface area contributed by atoms with E-state index in [-0.39, 0.29) is 36.6 Å². The first-order valence-corrected chi connectivity index (χ1v) is 15.7. The van der Waals surface area contributed by atoms with Crippen LogP contribution >= 0.6 is 0 Å². The number of carbonyl (C=O) groups excluding carboxylic acids is 3. The Labute approximate surface area is 246 Å². The second-order valence-electron chi connectivity index (χ2n) is 13.1. The summed E-state index contributed by atoms with van der Waals surface area (Å²) >= 11 is 0. The van der Waals surface area contributed by atoms with E-state index in [0.29, 0.717) is 37.6 Å². The summed E-state index contributed by atoms with van der Waals surface area (Å²) < 4.78 is 0. The monoisotopic (exact) mass is 571 g/mol. The molecule has 0 aliphatic heterocycles. The molecule has 2 aliphatic carbocycles. The molecule has 230 valence electrons. The van der Waals surface area contributed by atoms with E-state index in [1.54, 1.807) is 19.0 Å². The Morgan fingerprint density at radius 1 is 0.902 bits per heavy atom. The van der Waals surface area contributed by atoms with E-state index >= 15 is 0 Å². The molecule has 0 unspecified atom stereocenters. The molecule has 8 heteroatoms. The largest absolute Gasteiger partial charge is 0.390 e. The number of amides is 3. The van der Waals surface area contributed by atoms with Crippen LogP contribution in [0, 0.1) is 23.7 Å². The van der Waals surface area contributed by atoms with Crippen molar-refractivity contribution in [2.45, 2.75) is 109 Å². The molecule has 1 aromatic rings. The molecule has 4 atom stereocenters. The molecule has 3 rings (SSSR count). The van der Waals surface area contributed by atoms with Crippen molar-refractivity contribution in [3.8, 4) is 0 Å². The molecule has 8 nitrogen and oxygen atoms in total. The second kappa shape index (κ2) is 16.3. The lowest BCUT2D eigenvalue weighted by Crippen LogP contribution is -2.51. The van der Waals surface area contributed by atoms with E-state index < -0.39 is 24.2 Å². The summed E-state index contributed by atoms with van der Waals surface area (Å²) in [7, 11) is 3.34. The average molecular weight is 572 g/mol. The molecule has 0 radical (unpaired) electrons. The fourth-order valence-corrected chi connectivity index (χ4v) is 5.98. The fraction of sp³-hybridized carbons (Fsp3) is 0.727. The molecule has 3 N–H and O–H groups in total. The SMILES string of the molecule is CC(C)C[C@H](O)[C@H](O)[C@H](CC1CCCCC1)NC(=O)[C@@H](CC(=O)N(CC(=O)N(C)C)Cc1ccccc1)CC1CC1. The maximum atomic E-state index is 13.8. The number of rotatable bonds is 16. The molecule has 41 heavy (non-hydrogen) atoms. The minimum Gasteiger partial charge on any atom is -0.390 e. The first-order valence-electron chi connectivity index (χ1n) is 15.7. The number of carbonyl (C=O) groups is 3. The number of nitrogens with zero attached hydrogens (tertiary/aromatic N) is 2. The topological polar surface area (TPSA) is 110 Å². The summed E-state index contributed by atoms with van der Waals surface area (Å²) in [5.74, 6) is -0.158. The standard InChI is InChI=1S/C33H53N3O5/c1-23(2)17-29(37)32(40)28(19-24-11-7-5-8-12-24)34-33(41)27(18-25-15-16-25)20-30(38)36(22-31(39)35(3)4)21-26-13-9-6-10-14-26/h6,9-10,13-14,23-25,27-29,32,37,40H,5,7-8,11-12,15-22H2,1-4H3,(H,34,41)/t27-,28+,29+,32-/m1/s1. The van der Waals surface area contributed by atoms with Gasteiger partial charge < -0.3 is 25.3 Å². The molecule has 0 aromatic heterocycles. The number of nitrogens with one attached hydrogen (secondary N) is 1.